The molecular formula is C9H7N2Y+2. The van der Waals surface area contributed by atoms with Crippen molar-refractivity contribution in [3.63, 3.8) is 0 Å². The summed E-state index contributed by atoms with van der Waals surface area (Å²) in [6.07, 6.45) is 4.03. The molecule has 0 saturated carbocycles. The number of allylic oxidation sites excluding steroid dienone is 1. The van der Waals surface area contributed by atoms with Crippen molar-refractivity contribution in [3.8, 4) is 6.07 Å². The van der Waals surface area contributed by atoms with Crippen molar-refractivity contribution in [2.75, 3.05) is 5.73 Å². The van der Waals surface area contributed by atoms with Crippen molar-refractivity contribution < 1.29 is 32.7 Å². The number of anilines is 1. The molecule has 0 radical (unpaired) electrons. The second-order valence-electron chi connectivity index (χ2n) is 2.07. The molecule has 0 unspecified atom stereocenters. The smallest absolute Gasteiger partial charge is 0.399 e. The Hall–Kier alpha value is -0.646. The fourth-order valence-corrected chi connectivity index (χ4v) is 0.708. The average molecular weight is 232 g/mol. The van der Waals surface area contributed by atoms with Crippen LogP contribution in [0, 0.1) is 17.4 Å². The molecule has 0 saturated heterocycles. The number of rotatable bonds is 1. The Balaban J connectivity index is 0.00000121. The predicted molar refractivity (Wildman–Crippen MR) is 44.2 cm³/mol. The molecule has 0 atom stereocenters. The first-order valence-electron chi connectivity index (χ1n) is 3.16. The van der Waals surface area contributed by atoms with Crippen LogP contribution >= 0.6 is 0 Å². The van der Waals surface area contributed by atoms with Crippen molar-refractivity contribution in [3.05, 3.63) is 35.9 Å². The molecule has 0 aliphatic heterocycles. The maximum atomic E-state index is 8.17. The minimum atomic E-state index is 0. The summed E-state index contributed by atoms with van der Waals surface area (Å²) in [5.74, 6) is 0. The monoisotopic (exact) mass is 232 g/mol. The van der Waals surface area contributed by atoms with Gasteiger partial charge in [0.25, 0.3) is 0 Å². The van der Waals surface area contributed by atoms with Gasteiger partial charge in [-0.05, 0) is 6.07 Å². The molecular weight excluding hydrogens is 225 g/mol. The van der Waals surface area contributed by atoms with Gasteiger partial charge in [-0.3, -0.25) is 0 Å². The molecule has 1 aromatic rings. The van der Waals surface area contributed by atoms with Crippen molar-refractivity contribution >= 4 is 11.8 Å². The van der Waals surface area contributed by atoms with Crippen molar-refractivity contribution in [1.29, 1.82) is 5.26 Å². The van der Waals surface area contributed by atoms with Gasteiger partial charge in [-0.25, -0.2) is 11.3 Å². The molecule has 0 aliphatic rings. The zero-order valence-corrected chi connectivity index (χ0v) is 9.33. The van der Waals surface area contributed by atoms with Crippen LogP contribution in [0.3, 0.4) is 0 Å². The normalized spacial score (nSPS) is 8.92. The van der Waals surface area contributed by atoms with Crippen LogP contribution in [-0.2, 0) is 32.7 Å². The summed E-state index contributed by atoms with van der Waals surface area (Å²) in [5.41, 5.74) is 7.11. The van der Waals surface area contributed by atoms with E-state index in [9.17, 15) is 0 Å². The number of nitriles is 1. The molecule has 2 nitrogen and oxygen atoms in total. The molecule has 0 aromatic heterocycles. The molecule has 1 aromatic carbocycles. The molecule has 0 heterocycles. The van der Waals surface area contributed by atoms with Gasteiger partial charge < -0.3 is 5.73 Å². The first kappa shape index (κ1) is 11.4. The second-order valence-corrected chi connectivity index (χ2v) is 2.07. The average Bonchev–Trinajstić information content (AvgIpc) is 2.04. The van der Waals surface area contributed by atoms with Gasteiger partial charge >= 0.3 is 32.7 Å². The molecule has 2 N–H and O–H groups in total. The van der Waals surface area contributed by atoms with E-state index in [4.69, 9.17) is 11.0 Å². The van der Waals surface area contributed by atoms with Gasteiger partial charge in [0.1, 0.15) is 0 Å². The van der Waals surface area contributed by atoms with Gasteiger partial charge in [-0.2, -0.15) is 11.6 Å². The molecule has 3 heteroatoms. The van der Waals surface area contributed by atoms with E-state index >= 15 is 0 Å². The fraction of sp³-hybridized carbons (Fsp3) is 0. The van der Waals surface area contributed by atoms with Crippen LogP contribution in [0.15, 0.2) is 24.3 Å². The molecule has 1 rings (SSSR count). The minimum Gasteiger partial charge on any atom is -0.399 e. The number of hydrogen-bond acceptors (Lipinski definition) is 2. The Morgan fingerprint density at radius 3 is 2.42 bits per heavy atom. The zero-order valence-electron chi connectivity index (χ0n) is 6.49. The van der Waals surface area contributed by atoms with Gasteiger partial charge in [0.05, 0.1) is 0 Å². The Morgan fingerprint density at radius 1 is 1.33 bits per heavy atom. The van der Waals surface area contributed by atoms with E-state index in [1.165, 1.54) is 0 Å². The molecule has 0 bridgehead atoms. The van der Waals surface area contributed by atoms with E-state index < -0.39 is 0 Å². The summed E-state index contributed by atoms with van der Waals surface area (Å²) in [6.45, 7) is 0. The van der Waals surface area contributed by atoms with Crippen LogP contribution in [0.5, 0.6) is 0 Å². The van der Waals surface area contributed by atoms with Crippen LogP contribution in [0.1, 0.15) is 5.56 Å². The number of nitrogens with zero attached hydrogens (tertiary/aromatic N) is 1. The Kier molecular flexibility index (Phi) is 5.62. The number of benzene rings is 1. The first-order chi connectivity index (χ1) is 5.33. The van der Waals surface area contributed by atoms with E-state index in [1.54, 1.807) is 24.3 Å². The number of hydrogen-bond donors (Lipinski definition) is 1. The predicted octanol–water partition coefficient (Wildman–Crippen LogP) is 1.61. The molecule has 0 fully saturated rings. The molecule has 0 spiro atoms. The van der Waals surface area contributed by atoms with Gasteiger partial charge in [0, 0.05) is 5.69 Å². The third-order valence-electron chi connectivity index (χ3n) is 1.24. The quantitative estimate of drug-likeness (QED) is 0.454. The summed E-state index contributed by atoms with van der Waals surface area (Å²) < 4.78 is 0. The zero-order chi connectivity index (χ0) is 8.10. The Labute approximate surface area is 97.0 Å². The van der Waals surface area contributed by atoms with Crippen LogP contribution in [-0.4, -0.2) is 0 Å². The van der Waals surface area contributed by atoms with Crippen LogP contribution in [0.25, 0.3) is 6.08 Å². The maximum absolute atomic E-state index is 8.17. The van der Waals surface area contributed by atoms with E-state index in [0.717, 1.165) is 11.3 Å². The second kappa shape index (κ2) is 5.94. The third kappa shape index (κ3) is 3.66. The van der Waals surface area contributed by atoms with Crippen LogP contribution in [0.2, 0.25) is 0 Å². The summed E-state index contributed by atoms with van der Waals surface area (Å²) >= 11 is 0. The summed E-state index contributed by atoms with van der Waals surface area (Å²) in [5, 5.41) is 8.17. The topological polar surface area (TPSA) is 49.8 Å². The van der Waals surface area contributed by atoms with E-state index in [0.29, 0.717) is 0 Å². The van der Waals surface area contributed by atoms with E-state index in [1.807, 2.05) is 12.1 Å². The fourth-order valence-electron chi connectivity index (χ4n) is 0.708. The van der Waals surface area contributed by atoms with Crippen molar-refractivity contribution in [2.24, 2.45) is 0 Å². The van der Waals surface area contributed by atoms with E-state index in [2.05, 4.69) is 6.08 Å². The summed E-state index contributed by atoms with van der Waals surface area (Å²) in [4.78, 5) is 0. The molecule has 0 aliphatic carbocycles. The SMILES string of the molecule is N#C[C-]=Cc1ccc(N)cc1.[Y+3]. The maximum Gasteiger partial charge on any atom is 3.00 e. The molecule has 0 amide bonds. The van der Waals surface area contributed by atoms with Crippen molar-refractivity contribution in [2.45, 2.75) is 0 Å². The van der Waals surface area contributed by atoms with Crippen LogP contribution in [0.4, 0.5) is 5.69 Å². The number of nitrogen functional groups attached to an aromatic ring is 1. The summed E-state index contributed by atoms with van der Waals surface area (Å²) in [7, 11) is 0. The largest absolute Gasteiger partial charge is 3.00 e. The first-order valence-corrected chi connectivity index (χ1v) is 3.16. The standard InChI is InChI=1S/C9H7N2.Y/c10-7-1-2-8-3-5-9(11)6-4-8;/h2-6H,11H2;/q-1;+3. The molecule has 54 valence electrons. The molecule has 12 heavy (non-hydrogen) atoms. The van der Waals surface area contributed by atoms with Gasteiger partial charge in [0.15, 0.2) is 0 Å². The Bertz CT molecular complexity index is 295. The third-order valence-corrected chi connectivity index (χ3v) is 1.24. The minimum absolute atomic E-state index is 0. The number of nitrogens with two attached hydrogens (primary N) is 1. The van der Waals surface area contributed by atoms with Crippen LogP contribution < -0.4 is 5.73 Å². The van der Waals surface area contributed by atoms with Gasteiger partial charge in [-0.1, -0.05) is 12.1 Å². The van der Waals surface area contributed by atoms with Gasteiger partial charge in [-0.15, -0.1) is 12.1 Å². The van der Waals surface area contributed by atoms with Crippen molar-refractivity contribution in [1.82, 2.24) is 0 Å². The van der Waals surface area contributed by atoms with E-state index in [-0.39, 0.29) is 32.7 Å². The van der Waals surface area contributed by atoms with Gasteiger partial charge in [0.2, 0.25) is 0 Å². The summed E-state index contributed by atoms with van der Waals surface area (Å²) in [6, 6.07) is 9.03. The Morgan fingerprint density at radius 2 is 1.92 bits per heavy atom.